The van der Waals surface area contributed by atoms with Gasteiger partial charge in [0.05, 0.1) is 11.1 Å². The van der Waals surface area contributed by atoms with Gasteiger partial charge in [0.15, 0.2) is 11.5 Å². The molecule has 0 radical (unpaired) electrons. The Hall–Kier alpha value is -4.51. The van der Waals surface area contributed by atoms with Gasteiger partial charge in [0.1, 0.15) is 16.7 Å². The quantitative estimate of drug-likeness (QED) is 0.274. The zero-order valence-corrected chi connectivity index (χ0v) is 19.4. The number of fused-ring (bicyclic) bond motifs is 6. The fourth-order valence-corrected chi connectivity index (χ4v) is 4.83. The molecule has 35 heavy (non-hydrogen) atoms. The van der Waals surface area contributed by atoms with Crippen molar-refractivity contribution in [2.24, 2.45) is 0 Å². The van der Waals surface area contributed by atoms with Crippen molar-refractivity contribution in [1.29, 1.82) is 0 Å². The topological polar surface area (TPSA) is 56.7 Å². The fraction of sp³-hybridized carbons (Fsp3) is 0.100. The number of hydrogen-bond donors (Lipinski definition) is 0. The number of imidazole rings is 1. The van der Waals surface area contributed by atoms with Crippen LogP contribution in [-0.2, 0) is 0 Å². The highest BCUT2D eigenvalue weighted by atomic mass is 16.3. The summed E-state index contributed by atoms with van der Waals surface area (Å²) < 4.78 is 17.0. The summed E-state index contributed by atoms with van der Waals surface area (Å²) in [5, 5.41) is 12.1. The van der Waals surface area contributed by atoms with Gasteiger partial charge in [-0.25, -0.2) is 4.98 Å². The molecule has 0 amide bonds. The van der Waals surface area contributed by atoms with Gasteiger partial charge < -0.3 is 4.42 Å². The van der Waals surface area contributed by atoms with Crippen LogP contribution in [0.5, 0.6) is 0 Å². The van der Waals surface area contributed by atoms with E-state index in [9.17, 15) is 0 Å². The summed E-state index contributed by atoms with van der Waals surface area (Å²) in [6, 6.07) is 30.2. The summed E-state index contributed by atoms with van der Waals surface area (Å²) in [4.78, 5) is 5.14. The van der Waals surface area contributed by atoms with Crippen LogP contribution in [0.1, 0.15) is 26.7 Å². The van der Waals surface area contributed by atoms with Crippen LogP contribution in [0.15, 0.2) is 95.4 Å². The molecule has 3 heterocycles. The molecular formula is C30H22N4O. The first-order valence-corrected chi connectivity index (χ1v) is 11.6. The second-order valence-corrected chi connectivity index (χ2v) is 8.99. The Morgan fingerprint density at radius 3 is 2.46 bits per heavy atom. The molecule has 0 spiro atoms. The first-order chi connectivity index (χ1) is 17.5. The van der Waals surface area contributed by atoms with E-state index in [-0.39, 0.29) is 0 Å². The van der Waals surface area contributed by atoms with E-state index >= 15 is 0 Å². The van der Waals surface area contributed by atoms with E-state index in [0.29, 0.717) is 5.65 Å². The van der Waals surface area contributed by atoms with Crippen molar-refractivity contribution in [2.75, 3.05) is 0 Å². The molecule has 0 bridgehead atoms. The maximum Gasteiger partial charge on any atom is 0.188 e. The molecular weight excluding hydrogens is 432 g/mol. The summed E-state index contributed by atoms with van der Waals surface area (Å²) >= 11 is 0. The number of para-hydroxylation sites is 2. The van der Waals surface area contributed by atoms with Crippen LogP contribution in [0.25, 0.3) is 61.1 Å². The lowest BCUT2D eigenvalue weighted by Crippen LogP contribution is -1.99. The monoisotopic (exact) mass is 455 g/mol. The van der Waals surface area contributed by atoms with E-state index in [0.717, 1.165) is 61.0 Å². The van der Waals surface area contributed by atoms with Crippen LogP contribution >= 0.6 is 0 Å². The maximum absolute atomic E-state index is 8.44. The summed E-state index contributed by atoms with van der Waals surface area (Å²) in [7, 11) is 0. The molecule has 4 aromatic carbocycles. The van der Waals surface area contributed by atoms with E-state index < -0.39 is 5.89 Å². The van der Waals surface area contributed by atoms with Crippen LogP contribution in [0.3, 0.4) is 0 Å². The standard InChI is InChI=1S/C30H22N4O/c1-18(2)19-15-16-21-22-12-8-13-24(28(22)35-26(21)17-19)29-31-27-23-11-6-7-14-25(23)32-33-30(27)34(29)20-9-4-3-5-10-20/h3-18H,1-2H3/i18D. The molecule has 0 fully saturated rings. The van der Waals surface area contributed by atoms with Crippen molar-refractivity contribution in [1.82, 2.24) is 19.7 Å². The minimum Gasteiger partial charge on any atom is -0.455 e. The highest BCUT2D eigenvalue weighted by Gasteiger charge is 2.22. The molecule has 0 saturated carbocycles. The lowest BCUT2D eigenvalue weighted by atomic mass is 10.0. The normalized spacial score (nSPS) is 12.7. The Balaban J connectivity index is 1.58. The minimum absolute atomic E-state index is 0.696. The third kappa shape index (κ3) is 2.98. The number of benzene rings is 4. The van der Waals surface area contributed by atoms with Gasteiger partial charge in [-0.3, -0.25) is 4.57 Å². The molecule has 0 atom stereocenters. The molecule has 0 aliphatic carbocycles. The van der Waals surface area contributed by atoms with Crippen LogP contribution in [0, 0.1) is 0 Å². The summed E-state index contributed by atoms with van der Waals surface area (Å²) in [6.07, 6.45) is 0. The average Bonchev–Trinajstić information content (AvgIpc) is 3.47. The van der Waals surface area contributed by atoms with Crippen molar-refractivity contribution >= 4 is 44.0 Å². The van der Waals surface area contributed by atoms with Crippen LogP contribution < -0.4 is 0 Å². The molecule has 3 aromatic heterocycles. The molecule has 168 valence electrons. The minimum atomic E-state index is -0.711. The zero-order chi connectivity index (χ0) is 24.4. The van der Waals surface area contributed by atoms with E-state index in [1.807, 2.05) is 92.7 Å². The molecule has 0 aliphatic heterocycles. The summed E-state index contributed by atoms with van der Waals surface area (Å²) in [5.41, 5.74) is 6.56. The highest BCUT2D eigenvalue weighted by molar-refractivity contribution is 6.10. The van der Waals surface area contributed by atoms with Gasteiger partial charge in [-0.15, -0.1) is 10.2 Å². The molecule has 0 aliphatic rings. The fourth-order valence-electron chi connectivity index (χ4n) is 4.83. The molecule has 7 aromatic rings. The number of hydrogen-bond acceptors (Lipinski definition) is 4. The zero-order valence-electron chi connectivity index (χ0n) is 20.4. The first kappa shape index (κ1) is 18.9. The Morgan fingerprint density at radius 1 is 0.800 bits per heavy atom. The second-order valence-electron chi connectivity index (χ2n) is 8.99. The maximum atomic E-state index is 8.44. The number of nitrogens with zero attached hydrogens (tertiary/aromatic N) is 4. The van der Waals surface area contributed by atoms with Gasteiger partial charge in [-0.05, 0) is 41.8 Å². The molecule has 5 heteroatoms. The first-order valence-electron chi connectivity index (χ1n) is 12.1. The van der Waals surface area contributed by atoms with Crippen molar-refractivity contribution in [3.05, 3.63) is 96.6 Å². The lowest BCUT2D eigenvalue weighted by molar-refractivity contribution is 0.667. The Kier molecular flexibility index (Phi) is 4.04. The largest absolute Gasteiger partial charge is 0.455 e. The third-order valence-corrected chi connectivity index (χ3v) is 6.60. The van der Waals surface area contributed by atoms with Crippen LogP contribution in [-0.4, -0.2) is 19.7 Å². The van der Waals surface area contributed by atoms with Crippen LogP contribution in [0.4, 0.5) is 0 Å². The van der Waals surface area contributed by atoms with E-state index in [1.54, 1.807) is 0 Å². The SMILES string of the molecule is [2H]C(C)(C)c1ccc2c(c1)oc1c(-c3nc4c5ccccc5nnc4n3-c3ccccc3)cccc12. The van der Waals surface area contributed by atoms with Crippen LogP contribution in [0.2, 0.25) is 0 Å². The molecule has 5 nitrogen and oxygen atoms in total. The second kappa shape index (κ2) is 7.50. The van der Waals surface area contributed by atoms with Gasteiger partial charge in [0.25, 0.3) is 0 Å². The van der Waals surface area contributed by atoms with E-state index in [2.05, 4.69) is 26.9 Å². The van der Waals surface area contributed by atoms with Crippen molar-refractivity contribution in [3.8, 4) is 17.1 Å². The number of furan rings is 1. The molecule has 0 saturated heterocycles. The third-order valence-electron chi connectivity index (χ3n) is 6.60. The molecule has 0 N–H and O–H groups in total. The molecule has 7 rings (SSSR count). The predicted octanol–water partition coefficient (Wildman–Crippen LogP) is 7.66. The Morgan fingerprint density at radius 2 is 1.60 bits per heavy atom. The van der Waals surface area contributed by atoms with Crippen molar-refractivity contribution < 1.29 is 5.79 Å². The number of rotatable bonds is 3. The van der Waals surface area contributed by atoms with Crippen molar-refractivity contribution in [2.45, 2.75) is 19.7 Å². The lowest BCUT2D eigenvalue weighted by Gasteiger charge is -2.09. The predicted molar refractivity (Wildman–Crippen MR) is 141 cm³/mol. The van der Waals surface area contributed by atoms with E-state index in [4.69, 9.17) is 10.8 Å². The Labute approximate surface area is 203 Å². The highest BCUT2D eigenvalue weighted by Crippen LogP contribution is 2.38. The van der Waals surface area contributed by atoms with Gasteiger partial charge in [-0.2, -0.15) is 0 Å². The number of aromatic nitrogens is 4. The summed E-state index contributed by atoms with van der Waals surface area (Å²) in [6.45, 7) is 3.77. The van der Waals surface area contributed by atoms with Gasteiger partial charge in [0.2, 0.25) is 0 Å². The van der Waals surface area contributed by atoms with Gasteiger partial charge in [0, 0.05) is 23.2 Å². The smallest absolute Gasteiger partial charge is 0.188 e. The average molecular weight is 456 g/mol. The van der Waals surface area contributed by atoms with Gasteiger partial charge in [-0.1, -0.05) is 74.5 Å². The Bertz CT molecular complexity index is 1930. The van der Waals surface area contributed by atoms with Crippen molar-refractivity contribution in [3.63, 3.8) is 0 Å². The summed E-state index contributed by atoms with van der Waals surface area (Å²) in [5.74, 6) is 0.0318. The molecule has 0 unspecified atom stereocenters. The van der Waals surface area contributed by atoms with E-state index in [1.165, 1.54) is 0 Å². The van der Waals surface area contributed by atoms with Gasteiger partial charge >= 0.3 is 0 Å².